The lowest BCUT2D eigenvalue weighted by Gasteiger charge is -2.25. The Morgan fingerprint density at radius 2 is 1.86 bits per heavy atom. The van der Waals surface area contributed by atoms with Gasteiger partial charge in [-0.2, -0.15) is 0 Å². The van der Waals surface area contributed by atoms with Gasteiger partial charge in [-0.1, -0.05) is 41.4 Å². The molecule has 0 spiro atoms. The van der Waals surface area contributed by atoms with Crippen molar-refractivity contribution in [2.24, 2.45) is 0 Å². The van der Waals surface area contributed by atoms with Crippen molar-refractivity contribution in [3.8, 4) is 0 Å². The second-order valence-electron chi connectivity index (χ2n) is 5.06. The molecule has 0 aromatic heterocycles. The van der Waals surface area contributed by atoms with Crippen LogP contribution >= 0.6 is 23.2 Å². The summed E-state index contributed by atoms with van der Waals surface area (Å²) >= 11 is 12.0. The zero-order valence-corrected chi connectivity index (χ0v) is 13.6. The van der Waals surface area contributed by atoms with Crippen LogP contribution in [0.3, 0.4) is 0 Å². The lowest BCUT2D eigenvalue weighted by atomic mass is 10.1. The van der Waals surface area contributed by atoms with Crippen molar-refractivity contribution in [2.45, 2.75) is 24.3 Å². The molecule has 1 aliphatic rings. The second kappa shape index (κ2) is 5.20. The van der Waals surface area contributed by atoms with E-state index in [-0.39, 0.29) is 16.0 Å². The molecule has 0 saturated carbocycles. The van der Waals surface area contributed by atoms with Crippen LogP contribution in [0.2, 0.25) is 10.0 Å². The predicted molar refractivity (Wildman–Crippen MR) is 85.7 cm³/mol. The number of anilines is 1. The molecule has 0 unspecified atom stereocenters. The van der Waals surface area contributed by atoms with Crippen LogP contribution in [-0.2, 0) is 16.4 Å². The molecule has 2 aromatic rings. The summed E-state index contributed by atoms with van der Waals surface area (Å²) < 4.78 is 27.4. The molecular formula is C15H13Cl2NO2S. The Morgan fingerprint density at radius 3 is 2.62 bits per heavy atom. The van der Waals surface area contributed by atoms with Gasteiger partial charge >= 0.3 is 0 Å². The highest BCUT2D eigenvalue weighted by Crippen LogP contribution is 2.38. The quantitative estimate of drug-likeness (QED) is 0.823. The van der Waals surface area contributed by atoms with E-state index in [1.54, 1.807) is 6.07 Å². The van der Waals surface area contributed by atoms with Gasteiger partial charge in [0.2, 0.25) is 0 Å². The Bertz CT molecular complexity index is 805. The Balaban J connectivity index is 2.17. The second-order valence-corrected chi connectivity index (χ2v) is 7.68. The molecule has 0 aliphatic carbocycles. The molecular weight excluding hydrogens is 329 g/mol. The van der Waals surface area contributed by atoms with Crippen molar-refractivity contribution in [1.29, 1.82) is 0 Å². The van der Waals surface area contributed by atoms with Gasteiger partial charge in [0.15, 0.2) is 0 Å². The number of hydrogen-bond acceptors (Lipinski definition) is 2. The fourth-order valence-corrected chi connectivity index (χ4v) is 5.12. The molecule has 3 rings (SSSR count). The van der Waals surface area contributed by atoms with Crippen molar-refractivity contribution in [1.82, 2.24) is 0 Å². The van der Waals surface area contributed by atoms with Gasteiger partial charge in [-0.3, -0.25) is 4.31 Å². The van der Waals surface area contributed by atoms with Crippen molar-refractivity contribution in [3.63, 3.8) is 0 Å². The van der Waals surface area contributed by atoms with Crippen molar-refractivity contribution in [2.75, 3.05) is 4.31 Å². The number of hydrogen-bond donors (Lipinski definition) is 0. The van der Waals surface area contributed by atoms with Gasteiger partial charge in [-0.15, -0.1) is 0 Å². The molecule has 0 bridgehead atoms. The first-order valence-electron chi connectivity index (χ1n) is 6.48. The van der Waals surface area contributed by atoms with Gasteiger partial charge in [0.1, 0.15) is 4.90 Å². The Hall–Kier alpha value is -1.23. The number of sulfonamides is 1. The fraction of sp³-hybridized carbons (Fsp3) is 0.200. The average molecular weight is 342 g/mol. The van der Waals surface area contributed by atoms with E-state index in [1.807, 2.05) is 31.2 Å². The third-order valence-electron chi connectivity index (χ3n) is 3.57. The molecule has 0 N–H and O–H groups in total. The van der Waals surface area contributed by atoms with Gasteiger partial charge in [-0.25, -0.2) is 8.42 Å². The van der Waals surface area contributed by atoms with E-state index in [9.17, 15) is 8.42 Å². The van der Waals surface area contributed by atoms with Crippen LogP contribution in [0.15, 0.2) is 47.4 Å². The Labute approximate surface area is 134 Å². The number of nitrogens with zero attached hydrogens (tertiary/aromatic N) is 1. The molecule has 0 saturated heterocycles. The van der Waals surface area contributed by atoms with Crippen molar-refractivity contribution < 1.29 is 8.42 Å². The summed E-state index contributed by atoms with van der Waals surface area (Å²) in [7, 11) is -3.74. The van der Waals surface area contributed by atoms with Crippen LogP contribution in [0.5, 0.6) is 0 Å². The van der Waals surface area contributed by atoms with E-state index >= 15 is 0 Å². The number of para-hydroxylation sites is 1. The lowest BCUT2D eigenvalue weighted by molar-refractivity contribution is 0.584. The predicted octanol–water partition coefficient (Wildman–Crippen LogP) is 4.13. The summed E-state index contributed by atoms with van der Waals surface area (Å²) in [6.45, 7) is 1.88. The van der Waals surface area contributed by atoms with E-state index < -0.39 is 10.0 Å². The third-order valence-corrected chi connectivity index (χ3v) is 6.22. The maximum Gasteiger partial charge on any atom is 0.266 e. The zero-order valence-electron chi connectivity index (χ0n) is 11.3. The number of benzene rings is 2. The highest BCUT2D eigenvalue weighted by atomic mass is 35.5. The first-order valence-corrected chi connectivity index (χ1v) is 8.68. The normalized spacial score (nSPS) is 17.9. The number of rotatable bonds is 2. The van der Waals surface area contributed by atoms with Gasteiger partial charge in [-0.05, 0) is 43.2 Å². The SMILES string of the molecule is C[C@@H]1Cc2ccccc2N1S(=O)(=O)c1cc(Cl)ccc1Cl. The number of halogens is 2. The van der Waals surface area contributed by atoms with Gasteiger partial charge in [0.05, 0.1) is 10.7 Å². The Kier molecular flexibility index (Phi) is 3.64. The smallest absolute Gasteiger partial charge is 0.263 e. The van der Waals surface area contributed by atoms with Crippen LogP contribution in [0.25, 0.3) is 0 Å². The summed E-state index contributed by atoms with van der Waals surface area (Å²) in [5.41, 5.74) is 1.73. The summed E-state index contributed by atoms with van der Waals surface area (Å²) in [5, 5.41) is 0.522. The molecule has 0 radical (unpaired) electrons. The fourth-order valence-electron chi connectivity index (χ4n) is 2.68. The van der Waals surface area contributed by atoms with Gasteiger partial charge in [0.25, 0.3) is 10.0 Å². The van der Waals surface area contributed by atoms with E-state index in [1.165, 1.54) is 16.4 Å². The standard InChI is InChI=1S/C15H13Cl2NO2S/c1-10-8-11-4-2-3-5-14(11)18(10)21(19,20)15-9-12(16)6-7-13(15)17/h2-7,9-10H,8H2,1H3/t10-/m1/s1. The summed E-state index contributed by atoms with van der Waals surface area (Å²) in [6, 6.07) is 11.8. The van der Waals surface area contributed by atoms with E-state index in [0.717, 1.165) is 5.56 Å². The first kappa shape index (κ1) is 14.7. The van der Waals surface area contributed by atoms with Gasteiger partial charge < -0.3 is 0 Å². The minimum absolute atomic E-state index is 0.0419. The van der Waals surface area contributed by atoms with E-state index in [4.69, 9.17) is 23.2 Å². The highest BCUT2D eigenvalue weighted by Gasteiger charge is 2.36. The summed E-state index contributed by atoms with van der Waals surface area (Å²) in [4.78, 5) is 0.0419. The molecule has 1 aliphatic heterocycles. The van der Waals surface area contributed by atoms with Gasteiger partial charge in [0, 0.05) is 11.1 Å². The largest absolute Gasteiger partial charge is 0.266 e. The van der Waals surface area contributed by atoms with Crippen LogP contribution in [0.4, 0.5) is 5.69 Å². The van der Waals surface area contributed by atoms with Crippen molar-refractivity contribution >= 4 is 38.9 Å². The molecule has 2 aromatic carbocycles. The molecule has 110 valence electrons. The van der Waals surface area contributed by atoms with E-state index in [2.05, 4.69) is 0 Å². The van der Waals surface area contributed by atoms with Crippen molar-refractivity contribution in [3.05, 3.63) is 58.1 Å². The zero-order chi connectivity index (χ0) is 15.2. The lowest BCUT2D eigenvalue weighted by Crippen LogP contribution is -2.35. The molecule has 1 heterocycles. The Morgan fingerprint density at radius 1 is 1.14 bits per heavy atom. The first-order chi connectivity index (χ1) is 9.91. The van der Waals surface area contributed by atoms with Crippen LogP contribution in [0.1, 0.15) is 12.5 Å². The maximum atomic E-state index is 13.0. The van der Waals surface area contributed by atoms with Crippen LogP contribution in [0, 0.1) is 0 Å². The highest BCUT2D eigenvalue weighted by molar-refractivity contribution is 7.93. The molecule has 1 atom stereocenters. The third kappa shape index (κ3) is 2.41. The number of fused-ring (bicyclic) bond motifs is 1. The average Bonchev–Trinajstić information content (AvgIpc) is 2.77. The van der Waals surface area contributed by atoms with Crippen LogP contribution in [-0.4, -0.2) is 14.5 Å². The minimum Gasteiger partial charge on any atom is -0.263 e. The molecule has 21 heavy (non-hydrogen) atoms. The monoisotopic (exact) mass is 341 g/mol. The molecule has 0 fully saturated rings. The van der Waals surface area contributed by atoms with E-state index in [0.29, 0.717) is 17.1 Å². The maximum absolute atomic E-state index is 13.0. The minimum atomic E-state index is -3.74. The van der Waals surface area contributed by atoms with Crippen LogP contribution < -0.4 is 4.31 Å². The topological polar surface area (TPSA) is 37.4 Å². The molecule has 0 amide bonds. The molecule has 3 nitrogen and oxygen atoms in total. The summed E-state index contributed by atoms with van der Waals surface area (Å²) in [5.74, 6) is 0. The molecule has 6 heteroatoms. The summed E-state index contributed by atoms with van der Waals surface area (Å²) in [6.07, 6.45) is 0.688.